The molecule has 1 amide bonds. The van der Waals surface area contributed by atoms with Crippen LogP contribution in [0.25, 0.3) is 0 Å². The van der Waals surface area contributed by atoms with Crippen LogP contribution in [-0.2, 0) is 6.42 Å². The van der Waals surface area contributed by atoms with Crippen molar-refractivity contribution in [2.45, 2.75) is 19.3 Å². The van der Waals surface area contributed by atoms with Gasteiger partial charge in [-0.2, -0.15) is 0 Å². The van der Waals surface area contributed by atoms with Gasteiger partial charge in [-0.3, -0.25) is 4.79 Å². The molecule has 0 radical (unpaired) electrons. The van der Waals surface area contributed by atoms with Gasteiger partial charge in [-0.15, -0.1) is 0 Å². The molecule has 1 fully saturated rings. The SMILES string of the molecule is O=C(c1ccoc1)N1CCCN(CCCc2ccccc2)CC1. The van der Waals surface area contributed by atoms with E-state index >= 15 is 0 Å². The number of hydrogen-bond donors (Lipinski definition) is 0. The van der Waals surface area contributed by atoms with E-state index in [0.29, 0.717) is 5.56 Å². The molecule has 0 N–H and O–H groups in total. The first kappa shape index (κ1) is 15.8. The predicted octanol–water partition coefficient (Wildman–Crippen LogP) is 3.06. The van der Waals surface area contributed by atoms with Crippen LogP contribution in [0.15, 0.2) is 53.3 Å². The monoisotopic (exact) mass is 312 g/mol. The smallest absolute Gasteiger partial charge is 0.257 e. The van der Waals surface area contributed by atoms with E-state index in [1.807, 2.05) is 4.90 Å². The normalized spacial score (nSPS) is 16.3. The van der Waals surface area contributed by atoms with Crippen LogP contribution in [-0.4, -0.2) is 48.4 Å². The number of furan rings is 1. The van der Waals surface area contributed by atoms with Gasteiger partial charge >= 0.3 is 0 Å². The Morgan fingerprint density at radius 1 is 1.04 bits per heavy atom. The van der Waals surface area contributed by atoms with E-state index in [-0.39, 0.29) is 5.91 Å². The zero-order valence-electron chi connectivity index (χ0n) is 13.5. The fourth-order valence-electron chi connectivity index (χ4n) is 3.12. The maximum atomic E-state index is 12.4. The molecule has 0 spiro atoms. The van der Waals surface area contributed by atoms with E-state index in [2.05, 4.69) is 35.2 Å². The third kappa shape index (κ3) is 4.45. The average Bonchev–Trinajstić information content (AvgIpc) is 3.02. The highest BCUT2D eigenvalue weighted by atomic mass is 16.3. The minimum atomic E-state index is 0.0879. The van der Waals surface area contributed by atoms with E-state index in [0.717, 1.165) is 45.6 Å². The van der Waals surface area contributed by atoms with Crippen molar-refractivity contribution in [2.75, 3.05) is 32.7 Å². The predicted molar refractivity (Wildman–Crippen MR) is 90.4 cm³/mol. The number of amides is 1. The van der Waals surface area contributed by atoms with Gasteiger partial charge in [-0.25, -0.2) is 0 Å². The van der Waals surface area contributed by atoms with Crippen molar-refractivity contribution in [3.05, 3.63) is 60.1 Å². The zero-order chi connectivity index (χ0) is 15.9. The Morgan fingerprint density at radius 2 is 1.91 bits per heavy atom. The molecule has 2 aromatic rings. The Balaban J connectivity index is 1.44. The third-order valence-electron chi connectivity index (χ3n) is 4.43. The molecule has 0 saturated carbocycles. The lowest BCUT2D eigenvalue weighted by Gasteiger charge is -2.21. The number of aryl methyl sites for hydroxylation is 1. The molecule has 0 unspecified atom stereocenters. The highest BCUT2D eigenvalue weighted by Gasteiger charge is 2.20. The summed E-state index contributed by atoms with van der Waals surface area (Å²) in [5.74, 6) is 0.0879. The molecule has 23 heavy (non-hydrogen) atoms. The summed E-state index contributed by atoms with van der Waals surface area (Å²) in [5, 5.41) is 0. The Morgan fingerprint density at radius 3 is 2.70 bits per heavy atom. The van der Waals surface area contributed by atoms with E-state index in [4.69, 9.17) is 4.42 Å². The second-order valence-corrected chi connectivity index (χ2v) is 6.09. The Labute approximate surface area is 137 Å². The number of nitrogens with zero attached hydrogens (tertiary/aromatic N) is 2. The van der Waals surface area contributed by atoms with Gasteiger partial charge in [0.2, 0.25) is 0 Å². The number of carbonyl (C=O) groups is 1. The fourth-order valence-corrected chi connectivity index (χ4v) is 3.12. The molecule has 0 bridgehead atoms. The van der Waals surface area contributed by atoms with Gasteiger partial charge in [-0.1, -0.05) is 30.3 Å². The second kappa shape index (κ2) is 7.97. The molecule has 2 heterocycles. The number of hydrogen-bond acceptors (Lipinski definition) is 3. The van der Waals surface area contributed by atoms with Crippen LogP contribution in [0.4, 0.5) is 0 Å². The minimum absolute atomic E-state index is 0.0879. The van der Waals surface area contributed by atoms with Gasteiger partial charge in [0, 0.05) is 19.6 Å². The van der Waals surface area contributed by atoms with Gasteiger partial charge in [0.15, 0.2) is 0 Å². The zero-order valence-corrected chi connectivity index (χ0v) is 13.5. The van der Waals surface area contributed by atoms with Gasteiger partial charge in [-0.05, 0) is 44.0 Å². The summed E-state index contributed by atoms with van der Waals surface area (Å²) in [5.41, 5.74) is 2.06. The molecule has 1 aliphatic heterocycles. The van der Waals surface area contributed by atoms with Gasteiger partial charge < -0.3 is 14.2 Å². The van der Waals surface area contributed by atoms with E-state index < -0.39 is 0 Å². The van der Waals surface area contributed by atoms with Crippen LogP contribution in [0.5, 0.6) is 0 Å². The molecular weight excluding hydrogens is 288 g/mol. The van der Waals surface area contributed by atoms with Crippen molar-refractivity contribution in [2.24, 2.45) is 0 Å². The Hall–Kier alpha value is -2.07. The molecule has 4 heteroatoms. The maximum absolute atomic E-state index is 12.4. The summed E-state index contributed by atoms with van der Waals surface area (Å²) in [6, 6.07) is 12.4. The van der Waals surface area contributed by atoms with E-state index in [9.17, 15) is 4.79 Å². The second-order valence-electron chi connectivity index (χ2n) is 6.09. The number of carbonyl (C=O) groups excluding carboxylic acids is 1. The van der Waals surface area contributed by atoms with Crippen molar-refractivity contribution in [1.29, 1.82) is 0 Å². The molecular formula is C19H24N2O2. The van der Waals surface area contributed by atoms with Crippen molar-refractivity contribution < 1.29 is 9.21 Å². The minimum Gasteiger partial charge on any atom is -0.472 e. The van der Waals surface area contributed by atoms with Crippen molar-refractivity contribution in [1.82, 2.24) is 9.80 Å². The summed E-state index contributed by atoms with van der Waals surface area (Å²) in [6.07, 6.45) is 6.41. The third-order valence-corrected chi connectivity index (χ3v) is 4.43. The molecule has 1 aromatic carbocycles. The topological polar surface area (TPSA) is 36.7 Å². The molecule has 0 atom stereocenters. The van der Waals surface area contributed by atoms with Crippen LogP contribution in [0.1, 0.15) is 28.8 Å². The highest BCUT2D eigenvalue weighted by Crippen LogP contribution is 2.11. The number of benzene rings is 1. The van der Waals surface area contributed by atoms with Crippen LogP contribution in [0.2, 0.25) is 0 Å². The summed E-state index contributed by atoms with van der Waals surface area (Å²) in [7, 11) is 0. The molecule has 3 rings (SSSR count). The maximum Gasteiger partial charge on any atom is 0.257 e. The fraction of sp³-hybridized carbons (Fsp3) is 0.421. The first-order valence-corrected chi connectivity index (χ1v) is 8.41. The largest absolute Gasteiger partial charge is 0.472 e. The lowest BCUT2D eigenvalue weighted by molar-refractivity contribution is 0.0760. The molecule has 1 saturated heterocycles. The van der Waals surface area contributed by atoms with Crippen LogP contribution in [0, 0.1) is 0 Å². The van der Waals surface area contributed by atoms with Crippen molar-refractivity contribution in [3.63, 3.8) is 0 Å². The molecule has 4 nitrogen and oxygen atoms in total. The first-order valence-electron chi connectivity index (χ1n) is 8.41. The Bertz CT molecular complexity index is 595. The van der Waals surface area contributed by atoms with Crippen LogP contribution < -0.4 is 0 Å². The van der Waals surface area contributed by atoms with Gasteiger partial charge in [0.05, 0.1) is 11.8 Å². The van der Waals surface area contributed by atoms with Crippen molar-refractivity contribution >= 4 is 5.91 Å². The molecule has 1 aromatic heterocycles. The highest BCUT2D eigenvalue weighted by molar-refractivity contribution is 5.93. The summed E-state index contributed by atoms with van der Waals surface area (Å²) in [6.45, 7) is 4.76. The summed E-state index contributed by atoms with van der Waals surface area (Å²) in [4.78, 5) is 16.8. The standard InChI is InChI=1S/C19H24N2O2/c22-19(18-9-15-23-16-18)21-12-5-11-20(13-14-21)10-4-8-17-6-2-1-3-7-17/h1-3,6-7,9,15-16H,4-5,8,10-14H2. The molecule has 122 valence electrons. The van der Waals surface area contributed by atoms with Gasteiger partial charge in [0.1, 0.15) is 6.26 Å². The lowest BCUT2D eigenvalue weighted by Crippen LogP contribution is -2.35. The first-order chi connectivity index (χ1) is 11.3. The lowest BCUT2D eigenvalue weighted by atomic mass is 10.1. The van der Waals surface area contributed by atoms with E-state index in [1.165, 1.54) is 18.2 Å². The molecule has 1 aliphatic rings. The van der Waals surface area contributed by atoms with Crippen molar-refractivity contribution in [3.8, 4) is 0 Å². The van der Waals surface area contributed by atoms with Crippen LogP contribution >= 0.6 is 0 Å². The number of rotatable bonds is 5. The molecule has 0 aliphatic carbocycles. The summed E-state index contributed by atoms with van der Waals surface area (Å²) < 4.78 is 5.02. The van der Waals surface area contributed by atoms with Crippen LogP contribution in [0.3, 0.4) is 0 Å². The van der Waals surface area contributed by atoms with Gasteiger partial charge in [0.25, 0.3) is 5.91 Å². The Kier molecular flexibility index (Phi) is 5.48. The average molecular weight is 312 g/mol. The van der Waals surface area contributed by atoms with E-state index in [1.54, 1.807) is 12.3 Å². The summed E-state index contributed by atoms with van der Waals surface area (Å²) >= 11 is 0. The quantitative estimate of drug-likeness (QED) is 0.851.